The van der Waals surface area contributed by atoms with E-state index in [2.05, 4.69) is 10.5 Å². The van der Waals surface area contributed by atoms with Gasteiger partial charge in [0.15, 0.2) is 5.76 Å². The minimum atomic E-state index is -3.93. The molecular formula is C29H42N4O7S. The summed E-state index contributed by atoms with van der Waals surface area (Å²) in [6, 6.07) is 4.80. The van der Waals surface area contributed by atoms with Crippen molar-refractivity contribution in [2.24, 2.45) is 11.8 Å². The van der Waals surface area contributed by atoms with Crippen molar-refractivity contribution in [3.8, 4) is 5.75 Å². The van der Waals surface area contributed by atoms with Crippen LogP contribution in [0, 0.1) is 25.7 Å². The van der Waals surface area contributed by atoms with E-state index in [1.54, 1.807) is 43.9 Å². The highest BCUT2D eigenvalue weighted by Crippen LogP contribution is 2.31. The number of hydrogen-bond donors (Lipinski definition) is 2. The van der Waals surface area contributed by atoms with Crippen LogP contribution in [0.5, 0.6) is 5.75 Å². The van der Waals surface area contributed by atoms with Gasteiger partial charge < -0.3 is 24.6 Å². The maximum Gasteiger partial charge on any atom is 0.248 e. The Morgan fingerprint density at radius 1 is 1.24 bits per heavy atom. The highest BCUT2D eigenvalue weighted by molar-refractivity contribution is 7.89. The lowest BCUT2D eigenvalue weighted by Gasteiger charge is -2.33. The molecule has 0 bridgehead atoms. The lowest BCUT2D eigenvalue weighted by Crippen LogP contribution is -2.48. The van der Waals surface area contributed by atoms with Crippen LogP contribution in [0.1, 0.15) is 63.0 Å². The van der Waals surface area contributed by atoms with E-state index >= 15 is 0 Å². The minimum Gasteiger partial charge on any atom is -0.488 e. The van der Waals surface area contributed by atoms with Crippen LogP contribution >= 0.6 is 0 Å². The standard InChI is InChI=1S/C29H42N4O7S/c1-18-15-33(19(2)17-34)27(35)14-23-13-24(30-29(36)22-9-7-6-8-10-22)11-12-25(23)39-26(18)16-32(5)41(37,38)28-20(3)31-40-21(28)4/h11-13,18-19,22,26,34H,6-10,14-17H2,1-5H3,(H,30,36)/t18-,19+,26-/m0/s1. The molecule has 1 aromatic carbocycles. The monoisotopic (exact) mass is 590 g/mol. The van der Waals surface area contributed by atoms with E-state index in [1.807, 2.05) is 6.92 Å². The van der Waals surface area contributed by atoms with Crippen molar-refractivity contribution in [1.29, 1.82) is 0 Å². The molecule has 2 amide bonds. The number of benzene rings is 1. The Labute approximate surface area is 242 Å². The molecule has 2 heterocycles. The normalized spacial score (nSPS) is 21.4. The summed E-state index contributed by atoms with van der Waals surface area (Å²) in [4.78, 5) is 28.0. The molecule has 11 nitrogen and oxygen atoms in total. The van der Waals surface area contributed by atoms with Gasteiger partial charge in [-0.05, 0) is 51.8 Å². The number of aliphatic hydroxyl groups is 1. The number of nitrogens with one attached hydrogen (secondary N) is 1. The number of amides is 2. The summed E-state index contributed by atoms with van der Waals surface area (Å²) in [7, 11) is -2.45. The predicted octanol–water partition coefficient (Wildman–Crippen LogP) is 3.28. The first-order chi connectivity index (χ1) is 19.4. The Kier molecular flexibility index (Phi) is 9.76. The fraction of sp³-hybridized carbons (Fsp3) is 0.621. The average molecular weight is 591 g/mol. The van der Waals surface area contributed by atoms with Crippen LogP contribution in [0.15, 0.2) is 27.6 Å². The summed E-state index contributed by atoms with van der Waals surface area (Å²) in [5.41, 5.74) is 1.45. The second-order valence-corrected chi connectivity index (χ2v) is 13.5. The van der Waals surface area contributed by atoms with Crippen molar-refractivity contribution in [1.82, 2.24) is 14.4 Å². The molecule has 1 saturated carbocycles. The van der Waals surface area contributed by atoms with Gasteiger partial charge in [0.2, 0.25) is 21.8 Å². The van der Waals surface area contributed by atoms with Gasteiger partial charge in [0.1, 0.15) is 22.4 Å². The number of ether oxygens (including phenoxy) is 1. The third kappa shape index (κ3) is 6.92. The van der Waals surface area contributed by atoms with Gasteiger partial charge in [0, 0.05) is 36.7 Å². The van der Waals surface area contributed by atoms with Gasteiger partial charge in [0.05, 0.1) is 25.6 Å². The number of aryl methyl sites for hydroxylation is 2. The first-order valence-corrected chi connectivity index (χ1v) is 15.8. The first kappa shape index (κ1) is 31.0. The molecule has 0 saturated heterocycles. The zero-order chi connectivity index (χ0) is 29.9. The van der Waals surface area contributed by atoms with E-state index in [0.29, 0.717) is 17.0 Å². The SMILES string of the molecule is Cc1noc(C)c1S(=O)(=O)N(C)C[C@@H]1Oc2ccc(NC(=O)C3CCCCC3)cc2CC(=O)N([C@H](C)CO)C[C@@H]1C. The molecule has 1 fully saturated rings. The summed E-state index contributed by atoms with van der Waals surface area (Å²) < 4.78 is 39.7. The number of carbonyl (C=O) groups is 2. The first-order valence-electron chi connectivity index (χ1n) is 14.3. The Morgan fingerprint density at radius 2 is 1.95 bits per heavy atom. The maximum atomic E-state index is 13.5. The number of nitrogens with zero attached hydrogens (tertiary/aromatic N) is 3. The predicted molar refractivity (Wildman–Crippen MR) is 153 cm³/mol. The van der Waals surface area contributed by atoms with Crippen LogP contribution in [0.3, 0.4) is 0 Å². The number of carbonyl (C=O) groups excluding carboxylic acids is 2. The molecule has 2 N–H and O–H groups in total. The van der Waals surface area contributed by atoms with Crippen LogP contribution in [-0.2, 0) is 26.0 Å². The van der Waals surface area contributed by atoms with E-state index < -0.39 is 22.2 Å². The van der Waals surface area contributed by atoms with E-state index in [9.17, 15) is 23.1 Å². The van der Waals surface area contributed by atoms with Crippen LogP contribution in [0.2, 0.25) is 0 Å². The Bertz CT molecular complexity index is 1330. The molecule has 4 rings (SSSR count). The molecular weight excluding hydrogens is 548 g/mol. The smallest absolute Gasteiger partial charge is 0.248 e. The fourth-order valence-corrected chi connectivity index (χ4v) is 7.15. The average Bonchev–Trinajstić information content (AvgIpc) is 3.31. The Balaban J connectivity index is 1.64. The molecule has 0 unspecified atom stereocenters. The van der Waals surface area contributed by atoms with Crippen molar-refractivity contribution >= 4 is 27.5 Å². The summed E-state index contributed by atoms with van der Waals surface area (Å²) in [5.74, 6) is 0.150. The molecule has 2 aliphatic rings. The molecule has 41 heavy (non-hydrogen) atoms. The molecule has 1 aromatic heterocycles. The molecule has 226 valence electrons. The second kappa shape index (κ2) is 12.9. The van der Waals surface area contributed by atoms with Gasteiger partial charge in [-0.3, -0.25) is 9.59 Å². The lowest BCUT2D eigenvalue weighted by atomic mass is 9.88. The van der Waals surface area contributed by atoms with Crippen molar-refractivity contribution in [2.45, 2.75) is 83.3 Å². The van der Waals surface area contributed by atoms with Crippen LogP contribution in [0.25, 0.3) is 0 Å². The summed E-state index contributed by atoms with van der Waals surface area (Å²) >= 11 is 0. The van der Waals surface area contributed by atoms with Gasteiger partial charge in [-0.25, -0.2) is 8.42 Å². The highest BCUT2D eigenvalue weighted by atomic mass is 32.2. The van der Waals surface area contributed by atoms with Crippen LogP contribution in [-0.4, -0.2) is 78.6 Å². The molecule has 0 spiro atoms. The van der Waals surface area contributed by atoms with Crippen LogP contribution < -0.4 is 10.1 Å². The summed E-state index contributed by atoms with van der Waals surface area (Å²) in [6.07, 6.45) is 4.37. The summed E-state index contributed by atoms with van der Waals surface area (Å²) in [5, 5.41) is 16.7. The van der Waals surface area contributed by atoms with Gasteiger partial charge >= 0.3 is 0 Å². The number of hydrogen-bond acceptors (Lipinski definition) is 8. The van der Waals surface area contributed by atoms with Gasteiger partial charge in [0.25, 0.3) is 0 Å². The number of aliphatic hydroxyl groups excluding tert-OH is 1. The highest BCUT2D eigenvalue weighted by Gasteiger charge is 2.35. The third-order valence-electron chi connectivity index (χ3n) is 8.23. The molecule has 3 atom stereocenters. The number of fused-ring (bicyclic) bond motifs is 1. The van der Waals surface area contributed by atoms with Gasteiger partial charge in [-0.15, -0.1) is 0 Å². The van der Waals surface area contributed by atoms with Crippen LogP contribution in [0.4, 0.5) is 5.69 Å². The number of sulfonamides is 1. The molecule has 2 aromatic rings. The number of likely N-dealkylation sites (N-methyl/N-ethyl adjacent to an activating group) is 1. The van der Waals surface area contributed by atoms with Crippen molar-refractivity contribution < 1.29 is 32.4 Å². The molecule has 12 heteroatoms. The lowest BCUT2D eigenvalue weighted by molar-refractivity contribution is -0.134. The van der Waals surface area contributed by atoms with Gasteiger partial charge in [-0.1, -0.05) is 31.3 Å². The quantitative estimate of drug-likeness (QED) is 0.477. The minimum absolute atomic E-state index is 0.00268. The van der Waals surface area contributed by atoms with E-state index in [4.69, 9.17) is 9.26 Å². The zero-order valence-corrected chi connectivity index (χ0v) is 25.4. The Morgan fingerprint density at radius 3 is 2.59 bits per heavy atom. The van der Waals surface area contributed by atoms with E-state index in [-0.39, 0.29) is 66.1 Å². The van der Waals surface area contributed by atoms with E-state index in [1.165, 1.54) is 11.4 Å². The number of rotatable bonds is 8. The molecule has 0 radical (unpaired) electrons. The topological polar surface area (TPSA) is 142 Å². The number of anilines is 1. The maximum absolute atomic E-state index is 13.5. The molecule has 1 aliphatic carbocycles. The fourth-order valence-electron chi connectivity index (χ4n) is 5.68. The zero-order valence-electron chi connectivity index (χ0n) is 24.6. The summed E-state index contributed by atoms with van der Waals surface area (Å²) in [6.45, 7) is 6.86. The van der Waals surface area contributed by atoms with Crippen molar-refractivity contribution in [3.63, 3.8) is 0 Å². The second-order valence-electron chi connectivity index (χ2n) is 11.5. The van der Waals surface area contributed by atoms with Crippen molar-refractivity contribution in [2.75, 3.05) is 32.1 Å². The number of aromatic nitrogens is 1. The largest absolute Gasteiger partial charge is 0.488 e. The van der Waals surface area contributed by atoms with E-state index in [0.717, 1.165) is 32.1 Å². The Hall–Kier alpha value is -2.96. The molecule has 1 aliphatic heterocycles. The van der Waals surface area contributed by atoms with Crippen molar-refractivity contribution in [3.05, 3.63) is 35.2 Å². The van der Waals surface area contributed by atoms with Gasteiger partial charge in [-0.2, -0.15) is 4.31 Å². The third-order valence-corrected chi connectivity index (χ3v) is 10.3.